The number of rotatable bonds is 7. The van der Waals surface area contributed by atoms with Gasteiger partial charge in [-0.3, -0.25) is 4.79 Å². The van der Waals surface area contributed by atoms with Gasteiger partial charge in [-0.05, 0) is 24.1 Å². The van der Waals surface area contributed by atoms with Crippen molar-refractivity contribution in [1.29, 1.82) is 0 Å². The topological polar surface area (TPSA) is 58.6 Å². The van der Waals surface area contributed by atoms with Gasteiger partial charge in [-0.25, -0.2) is 0 Å². The van der Waals surface area contributed by atoms with Crippen LogP contribution in [0.25, 0.3) is 0 Å². The fourth-order valence-corrected chi connectivity index (χ4v) is 1.88. The highest BCUT2D eigenvalue weighted by atomic mass is 35.5. The highest BCUT2D eigenvalue weighted by Gasteiger charge is 2.12. The van der Waals surface area contributed by atoms with Crippen LogP contribution in [0.15, 0.2) is 24.3 Å². The Morgan fingerprint density at radius 1 is 1.56 bits per heavy atom. The maximum Gasteiger partial charge on any atom is 0.224 e. The van der Waals surface area contributed by atoms with Crippen molar-refractivity contribution in [2.24, 2.45) is 0 Å². The largest absolute Gasteiger partial charge is 0.396 e. The summed E-state index contributed by atoms with van der Waals surface area (Å²) in [6.07, 6.45) is 0.751. The molecule has 0 bridgehead atoms. The molecule has 18 heavy (non-hydrogen) atoms. The summed E-state index contributed by atoms with van der Waals surface area (Å²) in [6, 6.07) is 7.03. The van der Waals surface area contributed by atoms with E-state index in [0.717, 1.165) is 5.56 Å². The van der Waals surface area contributed by atoms with Gasteiger partial charge in [-0.15, -0.1) is 0 Å². The van der Waals surface area contributed by atoms with Crippen LogP contribution in [0.1, 0.15) is 12.0 Å². The molecule has 5 heteroatoms. The highest BCUT2D eigenvalue weighted by Crippen LogP contribution is 2.11. The summed E-state index contributed by atoms with van der Waals surface area (Å²) < 4.78 is 4.98. The third-order valence-electron chi connectivity index (χ3n) is 2.46. The van der Waals surface area contributed by atoms with E-state index in [-0.39, 0.29) is 25.0 Å². The van der Waals surface area contributed by atoms with E-state index < -0.39 is 0 Å². The van der Waals surface area contributed by atoms with Crippen molar-refractivity contribution < 1.29 is 14.6 Å². The molecule has 1 rings (SSSR count). The second-order valence-corrected chi connectivity index (χ2v) is 4.48. The molecular formula is C13H18ClNO3. The van der Waals surface area contributed by atoms with Crippen LogP contribution in [0.3, 0.4) is 0 Å². The zero-order valence-corrected chi connectivity index (χ0v) is 11.1. The van der Waals surface area contributed by atoms with Crippen LogP contribution in [0.4, 0.5) is 0 Å². The van der Waals surface area contributed by atoms with E-state index in [1.54, 1.807) is 19.2 Å². The Kier molecular flexibility index (Phi) is 6.72. The first kappa shape index (κ1) is 15.0. The van der Waals surface area contributed by atoms with Crippen LogP contribution in [0.5, 0.6) is 0 Å². The number of amides is 1. The molecule has 0 fully saturated rings. The number of carbonyl (C=O) groups is 1. The standard InChI is InChI=1S/C13H18ClNO3/c1-18-9-12(5-6-16)15-13(17)8-10-3-2-4-11(14)7-10/h2-4,7,12,16H,5-6,8-9H2,1H3,(H,15,17). The van der Waals surface area contributed by atoms with Crippen LogP contribution in [0.2, 0.25) is 5.02 Å². The number of methoxy groups -OCH3 is 1. The lowest BCUT2D eigenvalue weighted by molar-refractivity contribution is -0.121. The van der Waals surface area contributed by atoms with Gasteiger partial charge >= 0.3 is 0 Å². The number of benzene rings is 1. The molecule has 4 nitrogen and oxygen atoms in total. The number of halogens is 1. The zero-order valence-electron chi connectivity index (χ0n) is 10.4. The van der Waals surface area contributed by atoms with Crippen LogP contribution in [0, 0.1) is 0 Å². The van der Waals surface area contributed by atoms with Crippen LogP contribution in [-0.4, -0.2) is 37.4 Å². The van der Waals surface area contributed by atoms with Gasteiger partial charge in [0, 0.05) is 18.7 Å². The lowest BCUT2D eigenvalue weighted by Crippen LogP contribution is -2.39. The second-order valence-electron chi connectivity index (χ2n) is 4.04. The van der Waals surface area contributed by atoms with E-state index in [4.69, 9.17) is 21.4 Å². The van der Waals surface area contributed by atoms with E-state index >= 15 is 0 Å². The van der Waals surface area contributed by atoms with Gasteiger partial charge < -0.3 is 15.2 Å². The average molecular weight is 272 g/mol. The van der Waals surface area contributed by atoms with Gasteiger partial charge in [0.1, 0.15) is 0 Å². The number of carbonyl (C=O) groups excluding carboxylic acids is 1. The summed E-state index contributed by atoms with van der Waals surface area (Å²) in [5.74, 6) is -0.104. The molecule has 0 spiro atoms. The van der Waals surface area contributed by atoms with E-state index in [9.17, 15) is 4.79 Å². The van der Waals surface area contributed by atoms with Crippen molar-refractivity contribution in [3.05, 3.63) is 34.9 Å². The Labute approximate surface area is 112 Å². The lowest BCUT2D eigenvalue weighted by atomic mass is 10.1. The molecule has 0 aliphatic carbocycles. The molecule has 0 heterocycles. The minimum atomic E-state index is -0.160. The number of nitrogens with one attached hydrogen (secondary N) is 1. The monoisotopic (exact) mass is 271 g/mol. The fraction of sp³-hybridized carbons (Fsp3) is 0.462. The van der Waals surface area contributed by atoms with Crippen molar-refractivity contribution in [3.8, 4) is 0 Å². The smallest absolute Gasteiger partial charge is 0.224 e. The molecule has 1 amide bonds. The maximum atomic E-state index is 11.8. The number of hydrogen-bond acceptors (Lipinski definition) is 3. The van der Waals surface area contributed by atoms with Crippen LogP contribution in [-0.2, 0) is 16.0 Å². The zero-order chi connectivity index (χ0) is 13.4. The molecule has 2 N–H and O–H groups in total. The molecular weight excluding hydrogens is 254 g/mol. The van der Waals surface area contributed by atoms with Crippen molar-refractivity contribution in [3.63, 3.8) is 0 Å². The Bertz CT molecular complexity index is 378. The molecule has 100 valence electrons. The minimum Gasteiger partial charge on any atom is -0.396 e. The van der Waals surface area contributed by atoms with Gasteiger partial charge in [0.05, 0.1) is 19.1 Å². The molecule has 0 saturated heterocycles. The average Bonchev–Trinajstić information content (AvgIpc) is 2.29. The number of ether oxygens (including phenoxy) is 1. The summed E-state index contributed by atoms with van der Waals surface area (Å²) in [5.41, 5.74) is 0.861. The number of hydrogen-bond donors (Lipinski definition) is 2. The van der Waals surface area contributed by atoms with Crippen molar-refractivity contribution in [1.82, 2.24) is 5.32 Å². The first-order chi connectivity index (χ1) is 8.65. The quantitative estimate of drug-likeness (QED) is 0.788. The van der Waals surface area contributed by atoms with Crippen LogP contribution < -0.4 is 5.32 Å². The Morgan fingerprint density at radius 3 is 2.94 bits per heavy atom. The summed E-state index contributed by atoms with van der Waals surface area (Å²) in [5, 5.41) is 12.3. The first-order valence-electron chi connectivity index (χ1n) is 5.79. The number of aliphatic hydroxyl groups is 1. The van der Waals surface area contributed by atoms with Gasteiger partial charge in [-0.1, -0.05) is 23.7 Å². The van der Waals surface area contributed by atoms with Crippen molar-refractivity contribution in [2.45, 2.75) is 18.9 Å². The molecule has 1 aromatic carbocycles. The van der Waals surface area contributed by atoms with Gasteiger partial charge in [0.2, 0.25) is 5.91 Å². The molecule has 1 aromatic rings. The van der Waals surface area contributed by atoms with E-state index in [0.29, 0.717) is 18.1 Å². The molecule has 1 atom stereocenters. The molecule has 0 saturated carbocycles. The molecule has 0 aromatic heterocycles. The second kappa shape index (κ2) is 8.08. The van der Waals surface area contributed by atoms with E-state index in [2.05, 4.69) is 5.32 Å². The molecule has 0 aliphatic heterocycles. The van der Waals surface area contributed by atoms with Crippen molar-refractivity contribution in [2.75, 3.05) is 20.3 Å². The lowest BCUT2D eigenvalue weighted by Gasteiger charge is -2.16. The maximum absolute atomic E-state index is 11.8. The number of aliphatic hydroxyl groups excluding tert-OH is 1. The SMILES string of the molecule is COCC(CCO)NC(=O)Cc1cccc(Cl)c1. The first-order valence-corrected chi connectivity index (χ1v) is 6.17. The Balaban J connectivity index is 2.49. The normalized spacial score (nSPS) is 12.2. The third kappa shape index (κ3) is 5.49. The predicted octanol–water partition coefficient (Wildman–Crippen LogP) is 1.40. The Morgan fingerprint density at radius 2 is 2.33 bits per heavy atom. The highest BCUT2D eigenvalue weighted by molar-refractivity contribution is 6.30. The summed E-state index contributed by atoms with van der Waals surface area (Å²) in [7, 11) is 1.56. The Hall–Kier alpha value is -1.10. The molecule has 0 radical (unpaired) electrons. The molecule has 1 unspecified atom stereocenters. The van der Waals surface area contributed by atoms with Crippen LogP contribution >= 0.6 is 11.6 Å². The van der Waals surface area contributed by atoms with Crippen molar-refractivity contribution >= 4 is 17.5 Å². The fourth-order valence-electron chi connectivity index (χ4n) is 1.67. The van der Waals surface area contributed by atoms with Gasteiger partial charge in [-0.2, -0.15) is 0 Å². The summed E-state index contributed by atoms with van der Waals surface area (Å²) in [6.45, 7) is 0.410. The van der Waals surface area contributed by atoms with E-state index in [1.165, 1.54) is 0 Å². The summed E-state index contributed by atoms with van der Waals surface area (Å²) >= 11 is 5.85. The van der Waals surface area contributed by atoms with E-state index in [1.807, 2.05) is 12.1 Å². The predicted molar refractivity (Wildman–Crippen MR) is 70.7 cm³/mol. The minimum absolute atomic E-state index is 0.0193. The van der Waals surface area contributed by atoms with Gasteiger partial charge in [0.15, 0.2) is 0 Å². The summed E-state index contributed by atoms with van der Waals surface area (Å²) in [4.78, 5) is 11.8. The third-order valence-corrected chi connectivity index (χ3v) is 2.70. The molecule has 0 aliphatic rings. The van der Waals surface area contributed by atoms with Gasteiger partial charge in [0.25, 0.3) is 0 Å².